The lowest BCUT2D eigenvalue weighted by atomic mass is 10.2. The minimum Gasteiger partial charge on any atom is -0.492 e. The first kappa shape index (κ1) is 22.7. The summed E-state index contributed by atoms with van der Waals surface area (Å²) in [7, 11) is 0. The van der Waals surface area contributed by atoms with Gasteiger partial charge in [0.15, 0.2) is 6.61 Å². The van der Waals surface area contributed by atoms with Crippen LogP contribution in [0.1, 0.15) is 11.8 Å². The number of amides is 1. The van der Waals surface area contributed by atoms with E-state index in [-0.39, 0.29) is 13.0 Å². The zero-order valence-electron chi connectivity index (χ0n) is 17.9. The van der Waals surface area contributed by atoms with Gasteiger partial charge < -0.3 is 14.8 Å². The monoisotopic (exact) mass is 478 g/mol. The molecule has 33 heavy (non-hydrogen) atoms. The molecule has 8 heteroatoms. The first-order chi connectivity index (χ1) is 16.1. The molecule has 2 aromatic heterocycles. The van der Waals surface area contributed by atoms with Gasteiger partial charge in [-0.25, -0.2) is 4.98 Å². The number of thiazole rings is 1. The van der Waals surface area contributed by atoms with Gasteiger partial charge in [0.05, 0.1) is 29.3 Å². The highest BCUT2D eigenvalue weighted by molar-refractivity contribution is 7.17. The molecule has 2 heterocycles. The van der Waals surface area contributed by atoms with E-state index in [0.717, 1.165) is 26.0 Å². The topological polar surface area (TPSA) is 77.5 Å². The van der Waals surface area contributed by atoms with Crippen LogP contribution in [-0.4, -0.2) is 30.1 Å². The van der Waals surface area contributed by atoms with Crippen LogP contribution in [0, 0.1) is 0 Å². The van der Waals surface area contributed by atoms with Gasteiger partial charge in [0.2, 0.25) is 0 Å². The van der Waals surface area contributed by atoms with Gasteiger partial charge in [-0.3, -0.25) is 9.59 Å². The molecule has 0 bridgehead atoms. The number of nitrogens with zero attached hydrogens (tertiary/aromatic N) is 1. The van der Waals surface area contributed by atoms with Crippen molar-refractivity contribution in [1.82, 2.24) is 4.98 Å². The summed E-state index contributed by atoms with van der Waals surface area (Å²) in [6.45, 7) is 1.97. The summed E-state index contributed by atoms with van der Waals surface area (Å²) >= 11 is 3.03. The Balaban J connectivity index is 1.42. The summed E-state index contributed by atoms with van der Waals surface area (Å²) < 4.78 is 10.8. The number of rotatable bonds is 9. The minimum absolute atomic E-state index is 0.0422. The zero-order valence-corrected chi connectivity index (χ0v) is 19.6. The standard InChI is InChI=1S/C25H22N2O4S2/c1-2-30-19-12-7-6-11-18(19)26-22(28)16-31-23(29)15-21-24(20-13-8-14-32-20)27-25(33-21)17-9-4-3-5-10-17/h3-14H,2,15-16H2,1H3,(H,26,28). The third-order valence-electron chi connectivity index (χ3n) is 4.60. The zero-order chi connectivity index (χ0) is 23.0. The number of benzene rings is 2. The van der Waals surface area contributed by atoms with Gasteiger partial charge in [0.1, 0.15) is 10.8 Å². The van der Waals surface area contributed by atoms with Crippen molar-refractivity contribution in [3.05, 3.63) is 77.0 Å². The molecule has 2 aromatic carbocycles. The Morgan fingerprint density at radius 3 is 2.55 bits per heavy atom. The number of ether oxygens (including phenoxy) is 2. The van der Waals surface area contributed by atoms with Crippen LogP contribution >= 0.6 is 22.7 Å². The van der Waals surface area contributed by atoms with E-state index in [9.17, 15) is 9.59 Å². The van der Waals surface area contributed by atoms with Gasteiger partial charge in [0, 0.05) is 10.4 Å². The summed E-state index contributed by atoms with van der Waals surface area (Å²) in [6.07, 6.45) is 0.0422. The maximum Gasteiger partial charge on any atom is 0.311 e. The molecule has 4 aromatic rings. The molecule has 0 aliphatic heterocycles. The predicted molar refractivity (Wildman–Crippen MR) is 132 cm³/mol. The summed E-state index contributed by atoms with van der Waals surface area (Å²) in [5, 5.41) is 5.54. The molecular weight excluding hydrogens is 456 g/mol. The Morgan fingerprint density at radius 1 is 1.00 bits per heavy atom. The second-order valence-electron chi connectivity index (χ2n) is 6.95. The second-order valence-corrected chi connectivity index (χ2v) is 8.98. The van der Waals surface area contributed by atoms with Crippen LogP contribution in [0.4, 0.5) is 5.69 Å². The number of carbonyl (C=O) groups is 2. The van der Waals surface area contributed by atoms with E-state index in [1.54, 1.807) is 29.5 Å². The van der Waals surface area contributed by atoms with Gasteiger partial charge in [-0.1, -0.05) is 48.5 Å². The van der Waals surface area contributed by atoms with E-state index in [1.165, 1.54) is 11.3 Å². The first-order valence-electron chi connectivity index (χ1n) is 10.4. The molecule has 6 nitrogen and oxygen atoms in total. The normalized spacial score (nSPS) is 10.6. The highest BCUT2D eigenvalue weighted by Gasteiger charge is 2.19. The predicted octanol–water partition coefficient (Wildman–Crippen LogP) is 5.66. The minimum atomic E-state index is -0.482. The molecular formula is C25H22N2O4S2. The van der Waals surface area contributed by atoms with Crippen LogP contribution < -0.4 is 10.1 Å². The quantitative estimate of drug-likeness (QED) is 0.314. The molecule has 168 valence electrons. The highest BCUT2D eigenvalue weighted by Crippen LogP contribution is 2.36. The van der Waals surface area contributed by atoms with Crippen LogP contribution in [0.2, 0.25) is 0 Å². The van der Waals surface area contributed by atoms with E-state index in [0.29, 0.717) is 18.0 Å². The van der Waals surface area contributed by atoms with E-state index in [1.807, 2.05) is 60.8 Å². The van der Waals surface area contributed by atoms with Crippen LogP contribution in [0.3, 0.4) is 0 Å². The highest BCUT2D eigenvalue weighted by atomic mass is 32.1. The molecule has 0 fully saturated rings. The number of thiophene rings is 1. The second kappa shape index (κ2) is 10.9. The summed E-state index contributed by atoms with van der Waals surface area (Å²) in [5.41, 5.74) is 2.31. The van der Waals surface area contributed by atoms with Crippen molar-refractivity contribution >= 4 is 40.2 Å². The number of esters is 1. The van der Waals surface area contributed by atoms with E-state index in [4.69, 9.17) is 14.5 Å². The Labute approximate surface area is 199 Å². The Morgan fingerprint density at radius 2 is 1.79 bits per heavy atom. The third kappa shape index (κ3) is 5.85. The number of hydrogen-bond donors (Lipinski definition) is 1. The van der Waals surface area contributed by atoms with Crippen molar-refractivity contribution < 1.29 is 19.1 Å². The molecule has 0 atom stereocenters. The summed E-state index contributed by atoms with van der Waals surface area (Å²) in [5.74, 6) is -0.342. The third-order valence-corrected chi connectivity index (χ3v) is 6.58. The van der Waals surface area contributed by atoms with Gasteiger partial charge in [-0.15, -0.1) is 22.7 Å². The smallest absolute Gasteiger partial charge is 0.311 e. The fourth-order valence-corrected chi connectivity index (χ4v) is 5.02. The SMILES string of the molecule is CCOc1ccccc1NC(=O)COC(=O)Cc1sc(-c2ccccc2)nc1-c1cccs1. The van der Waals surface area contributed by atoms with Gasteiger partial charge in [0.25, 0.3) is 5.91 Å². The number of para-hydroxylation sites is 2. The molecule has 1 amide bonds. The van der Waals surface area contributed by atoms with E-state index >= 15 is 0 Å². The summed E-state index contributed by atoms with van der Waals surface area (Å²) in [6, 6.07) is 20.9. The summed E-state index contributed by atoms with van der Waals surface area (Å²) in [4.78, 5) is 31.5. The van der Waals surface area contributed by atoms with Gasteiger partial charge >= 0.3 is 5.97 Å². The number of nitrogens with one attached hydrogen (secondary N) is 1. The van der Waals surface area contributed by atoms with Gasteiger partial charge in [-0.05, 0) is 30.5 Å². The molecule has 0 aliphatic rings. The van der Waals surface area contributed by atoms with E-state index in [2.05, 4.69) is 5.32 Å². The molecule has 1 N–H and O–H groups in total. The Kier molecular flexibility index (Phi) is 7.49. The van der Waals surface area contributed by atoms with Crippen molar-refractivity contribution in [3.63, 3.8) is 0 Å². The molecule has 0 saturated heterocycles. The average molecular weight is 479 g/mol. The maximum absolute atomic E-state index is 12.6. The number of anilines is 1. The Hall–Kier alpha value is -3.49. The fourth-order valence-electron chi connectivity index (χ4n) is 3.15. The van der Waals surface area contributed by atoms with Crippen LogP contribution in [0.5, 0.6) is 5.75 Å². The van der Waals surface area contributed by atoms with Crippen molar-refractivity contribution in [2.75, 3.05) is 18.5 Å². The van der Waals surface area contributed by atoms with Crippen LogP contribution in [-0.2, 0) is 20.7 Å². The lowest BCUT2D eigenvalue weighted by Crippen LogP contribution is -2.22. The first-order valence-corrected chi connectivity index (χ1v) is 12.1. The molecule has 4 rings (SSSR count). The number of carbonyl (C=O) groups excluding carboxylic acids is 2. The number of hydrogen-bond acceptors (Lipinski definition) is 7. The molecule has 0 spiro atoms. The number of aromatic nitrogens is 1. The van der Waals surface area contributed by atoms with Crippen LogP contribution in [0.15, 0.2) is 72.1 Å². The van der Waals surface area contributed by atoms with E-state index < -0.39 is 11.9 Å². The lowest BCUT2D eigenvalue weighted by molar-refractivity contribution is -0.146. The molecule has 0 saturated carbocycles. The lowest BCUT2D eigenvalue weighted by Gasteiger charge is -2.11. The molecule has 0 aliphatic carbocycles. The van der Waals surface area contributed by atoms with Crippen molar-refractivity contribution in [2.24, 2.45) is 0 Å². The maximum atomic E-state index is 12.6. The van der Waals surface area contributed by atoms with Crippen molar-refractivity contribution in [3.8, 4) is 26.9 Å². The fraction of sp³-hybridized carbons (Fsp3) is 0.160. The Bertz CT molecular complexity index is 1220. The van der Waals surface area contributed by atoms with Crippen molar-refractivity contribution in [1.29, 1.82) is 0 Å². The molecule has 0 radical (unpaired) electrons. The molecule has 0 unspecified atom stereocenters. The van der Waals surface area contributed by atoms with Crippen LogP contribution in [0.25, 0.3) is 21.1 Å². The largest absolute Gasteiger partial charge is 0.492 e. The average Bonchev–Trinajstić information content (AvgIpc) is 3.50. The van der Waals surface area contributed by atoms with Gasteiger partial charge in [-0.2, -0.15) is 0 Å². The van der Waals surface area contributed by atoms with Crippen molar-refractivity contribution in [2.45, 2.75) is 13.3 Å².